The molecular formula is C27H24BrClN2O3. The number of nitrogens with zero attached hydrogens (tertiary/aromatic N) is 1. The topological polar surface area (TPSA) is 71.3 Å². The molecule has 0 aliphatic carbocycles. The van der Waals surface area contributed by atoms with E-state index in [2.05, 4.69) is 21.2 Å². The molecule has 1 N–H and O–H groups in total. The van der Waals surface area contributed by atoms with E-state index in [1.807, 2.05) is 68.4 Å². The van der Waals surface area contributed by atoms with Crippen molar-refractivity contribution in [2.24, 2.45) is 0 Å². The van der Waals surface area contributed by atoms with Crippen molar-refractivity contribution in [1.82, 2.24) is 5.32 Å². The summed E-state index contributed by atoms with van der Waals surface area (Å²) in [6.45, 7) is 4.42. The smallest absolute Gasteiger partial charge is 0.262 e. The molecule has 3 rings (SSSR count). The lowest BCUT2D eigenvalue weighted by molar-refractivity contribution is -0.117. The molecule has 34 heavy (non-hydrogen) atoms. The third-order valence-electron chi connectivity index (χ3n) is 4.98. The average molecular weight is 540 g/mol. The first-order valence-electron chi connectivity index (χ1n) is 10.7. The fourth-order valence-corrected chi connectivity index (χ4v) is 4.02. The number of halogens is 2. The molecule has 7 heteroatoms. The van der Waals surface area contributed by atoms with E-state index in [0.717, 1.165) is 11.1 Å². The number of nitrogens with one attached hydrogen (secondary N) is 1. The Labute approximate surface area is 213 Å². The van der Waals surface area contributed by atoms with Crippen LogP contribution in [0.25, 0.3) is 6.08 Å². The molecule has 0 saturated heterocycles. The van der Waals surface area contributed by atoms with Gasteiger partial charge in [-0.05, 0) is 65.2 Å². The van der Waals surface area contributed by atoms with Gasteiger partial charge >= 0.3 is 0 Å². The minimum atomic E-state index is -0.452. The van der Waals surface area contributed by atoms with Crippen LogP contribution in [0.5, 0.6) is 11.5 Å². The Morgan fingerprint density at radius 1 is 1.15 bits per heavy atom. The predicted molar refractivity (Wildman–Crippen MR) is 138 cm³/mol. The fraction of sp³-hybridized carbons (Fsp3) is 0.185. The molecule has 0 aromatic heterocycles. The summed E-state index contributed by atoms with van der Waals surface area (Å²) in [7, 11) is 0. The van der Waals surface area contributed by atoms with Crippen LogP contribution in [0, 0.1) is 11.3 Å². The minimum Gasteiger partial charge on any atom is -0.490 e. The summed E-state index contributed by atoms with van der Waals surface area (Å²) in [5, 5.41) is 13.1. The monoisotopic (exact) mass is 538 g/mol. The lowest BCUT2D eigenvalue weighted by atomic mass is 10.1. The predicted octanol–water partition coefficient (Wildman–Crippen LogP) is 6.86. The van der Waals surface area contributed by atoms with Crippen molar-refractivity contribution in [3.8, 4) is 17.6 Å². The number of carbonyl (C=O) groups excluding carboxylic acids is 1. The van der Waals surface area contributed by atoms with Crippen LogP contribution in [-0.2, 0) is 11.4 Å². The molecule has 0 fully saturated rings. The molecule has 0 radical (unpaired) electrons. The number of carbonyl (C=O) groups is 1. The second-order valence-electron chi connectivity index (χ2n) is 7.42. The summed E-state index contributed by atoms with van der Waals surface area (Å²) in [6.07, 6.45) is 1.53. The molecule has 1 atom stereocenters. The number of nitriles is 1. The molecule has 0 aliphatic heterocycles. The molecule has 0 heterocycles. The third-order valence-corrected chi connectivity index (χ3v) is 5.94. The first-order chi connectivity index (χ1) is 16.4. The van der Waals surface area contributed by atoms with Crippen LogP contribution in [-0.4, -0.2) is 12.5 Å². The van der Waals surface area contributed by atoms with Crippen molar-refractivity contribution < 1.29 is 14.3 Å². The maximum Gasteiger partial charge on any atom is 0.262 e. The summed E-state index contributed by atoms with van der Waals surface area (Å²) in [5.74, 6) is 0.553. The molecule has 0 unspecified atom stereocenters. The summed E-state index contributed by atoms with van der Waals surface area (Å²) in [4.78, 5) is 12.7. The number of hydrogen-bond donors (Lipinski definition) is 1. The summed E-state index contributed by atoms with van der Waals surface area (Å²) < 4.78 is 12.4. The number of ether oxygens (including phenoxy) is 2. The lowest BCUT2D eigenvalue weighted by Gasteiger charge is -2.16. The first-order valence-corrected chi connectivity index (χ1v) is 11.9. The van der Waals surface area contributed by atoms with E-state index < -0.39 is 5.91 Å². The largest absolute Gasteiger partial charge is 0.490 e. The van der Waals surface area contributed by atoms with Gasteiger partial charge in [0.05, 0.1) is 17.1 Å². The van der Waals surface area contributed by atoms with Gasteiger partial charge in [-0.1, -0.05) is 60.1 Å². The van der Waals surface area contributed by atoms with Gasteiger partial charge in [0.25, 0.3) is 5.91 Å². The van der Waals surface area contributed by atoms with Crippen LogP contribution in [0.2, 0.25) is 5.02 Å². The zero-order chi connectivity index (χ0) is 24.5. The minimum absolute atomic E-state index is 0.0122. The van der Waals surface area contributed by atoms with Gasteiger partial charge in [0.2, 0.25) is 0 Å². The maximum atomic E-state index is 12.7. The van der Waals surface area contributed by atoms with Gasteiger partial charge in [0.15, 0.2) is 11.5 Å². The van der Waals surface area contributed by atoms with E-state index >= 15 is 0 Å². The fourth-order valence-electron chi connectivity index (χ4n) is 3.25. The van der Waals surface area contributed by atoms with Gasteiger partial charge in [0, 0.05) is 10.6 Å². The Morgan fingerprint density at radius 3 is 2.53 bits per heavy atom. The number of benzene rings is 3. The molecule has 0 saturated carbocycles. The zero-order valence-corrected chi connectivity index (χ0v) is 21.2. The Morgan fingerprint density at radius 2 is 1.85 bits per heavy atom. The van der Waals surface area contributed by atoms with Crippen molar-refractivity contribution in [2.45, 2.75) is 26.5 Å². The molecule has 1 amide bonds. The molecule has 5 nitrogen and oxygen atoms in total. The molecule has 3 aromatic carbocycles. The highest BCUT2D eigenvalue weighted by Gasteiger charge is 2.16. The van der Waals surface area contributed by atoms with Gasteiger partial charge in [-0.2, -0.15) is 5.26 Å². The summed E-state index contributed by atoms with van der Waals surface area (Å²) in [6, 6.07) is 22.3. The van der Waals surface area contributed by atoms with Crippen LogP contribution in [0.1, 0.15) is 36.6 Å². The standard InChI is InChI=1S/C27H24BrClN2O3/c1-3-33-25-15-19(14-23(28)26(25)34-17-21-11-7-8-12-24(21)29)13-22(16-30)27(32)31-18(2)20-9-5-4-6-10-20/h4-15,18H,3,17H2,1-2H3,(H,31,32)/b22-13-/t18-/m0/s1. The van der Waals surface area contributed by atoms with Crippen molar-refractivity contribution >= 4 is 39.5 Å². The summed E-state index contributed by atoms with van der Waals surface area (Å²) in [5.41, 5.74) is 2.41. The first kappa shape index (κ1) is 25.4. The molecule has 0 bridgehead atoms. The van der Waals surface area contributed by atoms with Gasteiger partial charge in [-0.3, -0.25) is 4.79 Å². The van der Waals surface area contributed by atoms with Gasteiger partial charge < -0.3 is 14.8 Å². The van der Waals surface area contributed by atoms with E-state index in [1.165, 1.54) is 6.08 Å². The van der Waals surface area contributed by atoms with Crippen LogP contribution in [0.4, 0.5) is 0 Å². The Bertz CT molecular complexity index is 1220. The van der Waals surface area contributed by atoms with Crippen molar-refractivity contribution in [3.63, 3.8) is 0 Å². The Balaban J connectivity index is 1.83. The molecule has 3 aromatic rings. The van der Waals surface area contributed by atoms with Crippen LogP contribution >= 0.6 is 27.5 Å². The second-order valence-corrected chi connectivity index (χ2v) is 8.68. The highest BCUT2D eigenvalue weighted by atomic mass is 79.9. The Kier molecular flexibility index (Phi) is 9.15. The van der Waals surface area contributed by atoms with Crippen molar-refractivity contribution in [2.75, 3.05) is 6.61 Å². The quantitative estimate of drug-likeness (QED) is 0.238. The number of hydrogen-bond acceptors (Lipinski definition) is 4. The van der Waals surface area contributed by atoms with E-state index in [9.17, 15) is 10.1 Å². The second kappa shape index (κ2) is 12.3. The van der Waals surface area contributed by atoms with Crippen LogP contribution in [0.3, 0.4) is 0 Å². The SMILES string of the molecule is CCOc1cc(/C=C(/C#N)C(=O)N[C@@H](C)c2ccccc2)cc(Br)c1OCc1ccccc1Cl. The average Bonchev–Trinajstić information content (AvgIpc) is 2.83. The molecule has 174 valence electrons. The van der Waals surface area contributed by atoms with E-state index in [0.29, 0.717) is 33.2 Å². The molecule has 0 aliphatic rings. The number of rotatable bonds is 9. The van der Waals surface area contributed by atoms with Gasteiger partial charge in [0.1, 0.15) is 18.2 Å². The van der Waals surface area contributed by atoms with Crippen molar-refractivity contribution in [1.29, 1.82) is 5.26 Å². The normalized spacial score (nSPS) is 11.9. The van der Waals surface area contributed by atoms with Crippen molar-refractivity contribution in [3.05, 3.63) is 98.5 Å². The van der Waals surface area contributed by atoms with E-state index in [-0.39, 0.29) is 18.2 Å². The van der Waals surface area contributed by atoms with Gasteiger partial charge in [-0.15, -0.1) is 0 Å². The van der Waals surface area contributed by atoms with E-state index in [4.69, 9.17) is 21.1 Å². The van der Waals surface area contributed by atoms with Gasteiger partial charge in [-0.25, -0.2) is 0 Å². The maximum absolute atomic E-state index is 12.7. The third kappa shape index (κ3) is 6.63. The Hall–Kier alpha value is -3.27. The molecular weight excluding hydrogens is 516 g/mol. The highest BCUT2D eigenvalue weighted by Crippen LogP contribution is 2.38. The van der Waals surface area contributed by atoms with E-state index in [1.54, 1.807) is 18.2 Å². The highest BCUT2D eigenvalue weighted by molar-refractivity contribution is 9.10. The van der Waals surface area contributed by atoms with Crippen LogP contribution in [0.15, 0.2) is 76.8 Å². The summed E-state index contributed by atoms with van der Waals surface area (Å²) >= 11 is 9.76. The number of amides is 1. The van der Waals surface area contributed by atoms with Crippen LogP contribution < -0.4 is 14.8 Å². The lowest BCUT2D eigenvalue weighted by Crippen LogP contribution is -2.27. The molecule has 0 spiro atoms. The zero-order valence-electron chi connectivity index (χ0n) is 18.8.